The van der Waals surface area contributed by atoms with Gasteiger partial charge in [-0.1, -0.05) is 24.9 Å². The number of anilines is 1. The summed E-state index contributed by atoms with van der Waals surface area (Å²) in [6.45, 7) is 5.07. The Hall–Kier alpha value is -4.21. The summed E-state index contributed by atoms with van der Waals surface area (Å²) >= 11 is 0. The van der Waals surface area contributed by atoms with Gasteiger partial charge in [-0.05, 0) is 67.9 Å². The van der Waals surface area contributed by atoms with Crippen molar-refractivity contribution in [3.8, 4) is 23.3 Å². The molecule has 4 aromatic heterocycles. The zero-order valence-corrected chi connectivity index (χ0v) is 24.4. The van der Waals surface area contributed by atoms with Crippen LogP contribution < -0.4 is 10.4 Å². The molecule has 4 fully saturated rings. The third kappa shape index (κ3) is 4.63. The van der Waals surface area contributed by atoms with E-state index in [1.165, 1.54) is 23.1 Å². The molecule has 8 rings (SSSR count). The third-order valence-electron chi connectivity index (χ3n) is 9.90. The van der Waals surface area contributed by atoms with E-state index >= 15 is 0 Å². The van der Waals surface area contributed by atoms with Crippen LogP contribution in [0.15, 0.2) is 49.1 Å². The van der Waals surface area contributed by atoms with Gasteiger partial charge in [-0.2, -0.15) is 15.6 Å². The van der Waals surface area contributed by atoms with Gasteiger partial charge < -0.3 is 4.90 Å². The normalized spacial score (nSPS) is 20.9. The highest BCUT2D eigenvalue weighted by Gasteiger charge is 2.44. The van der Waals surface area contributed by atoms with Gasteiger partial charge in [0, 0.05) is 67.1 Å². The standard InChI is InChI=1S/C33H35BN8/c1-2-30-29(34)11-23(14-37-30)17-41-26-12-27(41)20-40(19-26)31-5-4-24(15-38-31)28-10-22(6-9-33(21-36)7-3-8-33)18-42-32(28)25(13-35)16-39-42/h4-5,10-11,14-16,18,26-27H,2-3,6-9,12,17,19-20,34H2,1H3. The highest BCUT2D eigenvalue weighted by atomic mass is 15.4. The molecule has 1 saturated carbocycles. The Morgan fingerprint density at radius 2 is 1.88 bits per heavy atom. The molecule has 1 aliphatic carbocycles. The zero-order chi connectivity index (χ0) is 28.8. The van der Waals surface area contributed by atoms with Gasteiger partial charge in [-0.15, -0.1) is 0 Å². The van der Waals surface area contributed by atoms with Gasteiger partial charge in [-0.3, -0.25) is 9.88 Å². The van der Waals surface area contributed by atoms with Gasteiger partial charge >= 0.3 is 0 Å². The highest BCUT2D eigenvalue weighted by molar-refractivity contribution is 6.33. The molecule has 8 nitrogen and oxygen atoms in total. The van der Waals surface area contributed by atoms with Crippen molar-refractivity contribution >= 4 is 24.6 Å². The van der Waals surface area contributed by atoms with Crippen LogP contribution in [0.5, 0.6) is 0 Å². The Morgan fingerprint density at radius 3 is 2.52 bits per heavy atom. The minimum Gasteiger partial charge on any atom is -0.353 e. The van der Waals surface area contributed by atoms with E-state index in [0.29, 0.717) is 17.6 Å². The maximum atomic E-state index is 9.77. The molecule has 0 N–H and O–H groups in total. The van der Waals surface area contributed by atoms with Crippen molar-refractivity contribution in [3.63, 3.8) is 0 Å². The number of nitriles is 2. The fourth-order valence-corrected chi connectivity index (χ4v) is 7.21. The average Bonchev–Trinajstić information content (AvgIpc) is 3.42. The van der Waals surface area contributed by atoms with E-state index in [-0.39, 0.29) is 5.41 Å². The molecule has 3 aliphatic heterocycles. The first kappa shape index (κ1) is 26.7. The maximum absolute atomic E-state index is 9.77. The van der Waals surface area contributed by atoms with Gasteiger partial charge in [0.2, 0.25) is 0 Å². The predicted octanol–water partition coefficient (Wildman–Crippen LogP) is 3.57. The number of piperidine rings is 1. The summed E-state index contributed by atoms with van der Waals surface area (Å²) in [5, 5.41) is 23.9. The summed E-state index contributed by atoms with van der Waals surface area (Å²) in [4.78, 5) is 14.6. The first-order chi connectivity index (χ1) is 20.5. The number of rotatable bonds is 8. The molecule has 0 amide bonds. The van der Waals surface area contributed by atoms with Crippen molar-refractivity contribution in [1.29, 1.82) is 10.5 Å². The molecule has 7 heterocycles. The fourth-order valence-electron chi connectivity index (χ4n) is 7.21. The number of hydrogen-bond acceptors (Lipinski definition) is 7. The number of piperazine rings is 1. The van der Waals surface area contributed by atoms with Gasteiger partial charge in [-0.25, -0.2) is 9.50 Å². The quantitative estimate of drug-likeness (QED) is 0.307. The van der Waals surface area contributed by atoms with Crippen LogP contribution in [0.1, 0.15) is 61.4 Å². The monoisotopic (exact) mass is 554 g/mol. The lowest BCUT2D eigenvalue weighted by molar-refractivity contribution is -0.00874. The topological polar surface area (TPSA) is 97.1 Å². The van der Waals surface area contributed by atoms with E-state index in [1.807, 2.05) is 16.9 Å². The van der Waals surface area contributed by atoms with Gasteiger partial charge in [0.05, 0.1) is 28.8 Å². The molecular weight excluding hydrogens is 519 g/mol. The second-order valence-electron chi connectivity index (χ2n) is 12.5. The fraction of sp³-hybridized carbons (Fsp3) is 0.424. The second-order valence-corrected chi connectivity index (χ2v) is 12.5. The molecule has 3 saturated heterocycles. The Labute approximate surface area is 248 Å². The summed E-state index contributed by atoms with van der Waals surface area (Å²) in [5.74, 6) is 1.00. The summed E-state index contributed by atoms with van der Waals surface area (Å²) in [5.41, 5.74) is 8.03. The number of nitrogens with zero attached hydrogens (tertiary/aromatic N) is 8. The maximum Gasteiger partial charge on any atom is 0.141 e. The second kappa shape index (κ2) is 10.6. The number of hydrogen-bond donors (Lipinski definition) is 0. The van der Waals surface area contributed by atoms with Gasteiger partial charge in [0.1, 0.15) is 19.7 Å². The highest BCUT2D eigenvalue weighted by Crippen LogP contribution is 2.44. The van der Waals surface area contributed by atoms with Gasteiger partial charge in [0.15, 0.2) is 0 Å². The SMILES string of the molecule is Bc1cc(CN2C3CC2CN(c2ccc(-c4cc(CCC5(C#N)CCC5)cn5ncc(C#N)c45)cn2)C3)cnc1CC. The molecule has 4 aliphatic rings. The Bertz CT molecular complexity index is 1710. The van der Waals surface area contributed by atoms with Crippen LogP contribution in [-0.4, -0.2) is 57.5 Å². The van der Waals surface area contributed by atoms with Crippen LogP contribution in [0.25, 0.3) is 16.6 Å². The lowest BCUT2D eigenvalue weighted by Crippen LogP contribution is -2.68. The van der Waals surface area contributed by atoms with Crippen molar-refractivity contribution in [1.82, 2.24) is 24.5 Å². The summed E-state index contributed by atoms with van der Waals surface area (Å²) < 4.78 is 1.82. The minimum absolute atomic E-state index is 0.180. The smallest absolute Gasteiger partial charge is 0.141 e. The van der Waals surface area contributed by atoms with E-state index in [1.54, 1.807) is 6.20 Å². The van der Waals surface area contributed by atoms with E-state index in [2.05, 4.69) is 77.3 Å². The molecule has 42 heavy (non-hydrogen) atoms. The van der Waals surface area contributed by atoms with E-state index in [0.717, 1.165) is 86.2 Å². The average molecular weight is 555 g/mol. The summed E-state index contributed by atoms with van der Waals surface area (Å²) in [7, 11) is 2.16. The van der Waals surface area contributed by atoms with Crippen LogP contribution in [-0.2, 0) is 19.4 Å². The lowest BCUT2D eigenvalue weighted by Gasteiger charge is -2.56. The summed E-state index contributed by atoms with van der Waals surface area (Å²) in [6.07, 6.45) is 14.6. The third-order valence-corrected chi connectivity index (χ3v) is 9.90. The van der Waals surface area contributed by atoms with E-state index in [4.69, 9.17) is 4.98 Å². The van der Waals surface area contributed by atoms with Crippen LogP contribution in [0, 0.1) is 28.1 Å². The first-order valence-corrected chi connectivity index (χ1v) is 15.2. The van der Waals surface area contributed by atoms with Crippen molar-refractivity contribution in [3.05, 3.63) is 71.4 Å². The Morgan fingerprint density at radius 1 is 1.05 bits per heavy atom. The number of aromatic nitrogens is 4. The van der Waals surface area contributed by atoms with Crippen molar-refractivity contribution in [2.24, 2.45) is 5.41 Å². The summed E-state index contributed by atoms with van der Waals surface area (Å²) in [6, 6.07) is 14.6. The molecule has 0 radical (unpaired) electrons. The van der Waals surface area contributed by atoms with Crippen LogP contribution >= 0.6 is 0 Å². The largest absolute Gasteiger partial charge is 0.353 e. The van der Waals surface area contributed by atoms with Crippen molar-refractivity contribution in [2.45, 2.75) is 70.5 Å². The Balaban J connectivity index is 1.08. The number of pyridine rings is 3. The molecule has 2 atom stereocenters. The van der Waals surface area contributed by atoms with Gasteiger partial charge in [0.25, 0.3) is 0 Å². The number of fused-ring (bicyclic) bond motifs is 3. The lowest BCUT2D eigenvalue weighted by atomic mass is 9.67. The Kier molecular flexibility index (Phi) is 6.71. The molecule has 2 bridgehead atoms. The number of aryl methyl sites for hydroxylation is 2. The van der Waals surface area contributed by atoms with Crippen LogP contribution in [0.2, 0.25) is 0 Å². The first-order valence-electron chi connectivity index (χ1n) is 15.2. The predicted molar refractivity (Wildman–Crippen MR) is 165 cm³/mol. The van der Waals surface area contributed by atoms with Crippen LogP contribution in [0.4, 0.5) is 5.82 Å². The molecule has 4 aromatic rings. The zero-order valence-electron chi connectivity index (χ0n) is 24.4. The molecule has 210 valence electrons. The van der Waals surface area contributed by atoms with Crippen molar-refractivity contribution in [2.75, 3.05) is 18.0 Å². The molecule has 2 unspecified atom stereocenters. The van der Waals surface area contributed by atoms with E-state index < -0.39 is 0 Å². The molecule has 0 spiro atoms. The molecular formula is C33H35BN8. The van der Waals surface area contributed by atoms with Crippen molar-refractivity contribution < 1.29 is 0 Å². The van der Waals surface area contributed by atoms with E-state index in [9.17, 15) is 10.5 Å². The molecule has 9 heteroatoms. The van der Waals surface area contributed by atoms with Crippen LogP contribution in [0.3, 0.4) is 0 Å². The molecule has 0 aromatic carbocycles. The minimum atomic E-state index is -0.180.